The molecule has 1 aliphatic heterocycles. The van der Waals surface area contributed by atoms with E-state index in [1.165, 1.54) is 25.6 Å². The lowest BCUT2D eigenvalue weighted by molar-refractivity contribution is -0.143. The van der Waals surface area contributed by atoms with Crippen molar-refractivity contribution in [3.05, 3.63) is 96.7 Å². The van der Waals surface area contributed by atoms with Crippen molar-refractivity contribution in [2.24, 2.45) is 4.99 Å². The Hall–Kier alpha value is -3.98. The van der Waals surface area contributed by atoms with E-state index in [9.17, 15) is 14.4 Å². The van der Waals surface area contributed by atoms with Gasteiger partial charge in [-0.2, -0.15) is 0 Å². The zero-order chi connectivity index (χ0) is 24.9. The number of fused-ring (bicyclic) bond motifs is 1. The monoisotopic (exact) mass is 492 g/mol. The SMILES string of the molecule is CCC1=C(C(=O)OC)[C@H](c2ccccc2)n2c(s/c(=C\c3ccc(OCC(=O)OC)cc3)c2=O)=N1. The number of rotatable bonds is 7. The van der Waals surface area contributed by atoms with Crippen LogP contribution in [0.15, 0.2) is 75.7 Å². The van der Waals surface area contributed by atoms with Gasteiger partial charge in [0.1, 0.15) is 5.75 Å². The van der Waals surface area contributed by atoms with Crippen LogP contribution < -0.4 is 19.6 Å². The third-order valence-corrected chi connectivity index (χ3v) is 6.51. The zero-order valence-electron chi connectivity index (χ0n) is 19.5. The molecule has 2 heterocycles. The molecule has 1 aromatic heterocycles. The number of esters is 2. The molecule has 2 aromatic carbocycles. The molecule has 1 aliphatic rings. The number of aromatic nitrogens is 1. The zero-order valence-corrected chi connectivity index (χ0v) is 20.3. The molecule has 0 radical (unpaired) electrons. The summed E-state index contributed by atoms with van der Waals surface area (Å²) in [4.78, 5) is 42.8. The minimum absolute atomic E-state index is 0.184. The van der Waals surface area contributed by atoms with Gasteiger partial charge in [-0.3, -0.25) is 9.36 Å². The molecule has 0 aliphatic carbocycles. The summed E-state index contributed by atoms with van der Waals surface area (Å²) in [6.07, 6.45) is 2.29. The van der Waals surface area contributed by atoms with Gasteiger partial charge in [0.2, 0.25) is 0 Å². The summed E-state index contributed by atoms with van der Waals surface area (Å²) in [5, 5.41) is 0. The van der Waals surface area contributed by atoms with Crippen molar-refractivity contribution in [2.75, 3.05) is 20.8 Å². The van der Waals surface area contributed by atoms with E-state index < -0.39 is 18.0 Å². The molecule has 0 N–H and O–H groups in total. The maximum absolute atomic E-state index is 13.6. The van der Waals surface area contributed by atoms with Crippen LogP contribution >= 0.6 is 11.3 Å². The number of nitrogens with zero attached hydrogens (tertiary/aromatic N) is 2. The van der Waals surface area contributed by atoms with Gasteiger partial charge >= 0.3 is 11.9 Å². The highest BCUT2D eigenvalue weighted by Gasteiger charge is 2.33. The molecule has 1 atom stereocenters. The highest BCUT2D eigenvalue weighted by molar-refractivity contribution is 7.07. The van der Waals surface area contributed by atoms with E-state index in [0.717, 1.165) is 11.1 Å². The van der Waals surface area contributed by atoms with E-state index in [2.05, 4.69) is 9.73 Å². The van der Waals surface area contributed by atoms with Crippen LogP contribution in [0, 0.1) is 0 Å². The average Bonchev–Trinajstić information content (AvgIpc) is 3.21. The van der Waals surface area contributed by atoms with E-state index >= 15 is 0 Å². The predicted octanol–water partition coefficient (Wildman–Crippen LogP) is 2.35. The van der Waals surface area contributed by atoms with Crippen LogP contribution in [0.5, 0.6) is 5.75 Å². The van der Waals surface area contributed by atoms with Gasteiger partial charge in [0.05, 0.1) is 36.1 Å². The Morgan fingerprint density at radius 2 is 1.77 bits per heavy atom. The molecule has 0 amide bonds. The van der Waals surface area contributed by atoms with Crippen LogP contribution in [0.1, 0.15) is 30.5 Å². The molecule has 35 heavy (non-hydrogen) atoms. The third-order valence-electron chi connectivity index (χ3n) is 5.53. The number of benzene rings is 2. The van der Waals surface area contributed by atoms with Gasteiger partial charge in [0, 0.05) is 0 Å². The Morgan fingerprint density at radius 3 is 2.40 bits per heavy atom. The molecule has 0 spiro atoms. The first-order valence-electron chi connectivity index (χ1n) is 10.9. The van der Waals surface area contributed by atoms with Crippen LogP contribution in [0.2, 0.25) is 0 Å². The molecular weight excluding hydrogens is 468 g/mol. The fourth-order valence-corrected chi connectivity index (χ4v) is 4.85. The maximum atomic E-state index is 13.6. The lowest BCUT2D eigenvalue weighted by Gasteiger charge is -2.25. The summed E-state index contributed by atoms with van der Waals surface area (Å²) in [6, 6.07) is 15.8. The second kappa shape index (κ2) is 10.5. The average molecular weight is 493 g/mol. The minimum atomic E-state index is -0.633. The number of hydrogen-bond acceptors (Lipinski definition) is 8. The Morgan fingerprint density at radius 1 is 1.06 bits per heavy atom. The second-order valence-electron chi connectivity index (χ2n) is 7.63. The molecule has 0 saturated heterocycles. The Kier molecular flexibility index (Phi) is 7.26. The van der Waals surface area contributed by atoms with E-state index in [-0.39, 0.29) is 12.2 Å². The molecule has 3 aromatic rings. The van der Waals surface area contributed by atoms with E-state index in [4.69, 9.17) is 9.47 Å². The Balaban J connectivity index is 1.79. The summed E-state index contributed by atoms with van der Waals surface area (Å²) in [5.41, 5.74) is 2.30. The number of hydrogen-bond donors (Lipinski definition) is 0. The van der Waals surface area contributed by atoms with Gasteiger partial charge in [-0.1, -0.05) is 60.7 Å². The first-order valence-corrected chi connectivity index (χ1v) is 11.8. The second-order valence-corrected chi connectivity index (χ2v) is 8.64. The molecule has 9 heteroatoms. The number of carbonyl (C=O) groups is 2. The summed E-state index contributed by atoms with van der Waals surface area (Å²) in [6.45, 7) is 1.73. The molecule has 0 saturated carbocycles. The van der Waals surface area contributed by atoms with Crippen LogP contribution in [0.4, 0.5) is 0 Å². The molecule has 0 bridgehead atoms. The Bertz CT molecular complexity index is 1450. The first kappa shape index (κ1) is 24.2. The van der Waals surface area contributed by atoms with Gasteiger partial charge < -0.3 is 14.2 Å². The number of methoxy groups -OCH3 is 2. The van der Waals surface area contributed by atoms with Crippen molar-refractivity contribution >= 4 is 29.4 Å². The molecular formula is C26H24N2O6S. The summed E-state index contributed by atoms with van der Waals surface area (Å²) in [7, 11) is 2.62. The van der Waals surface area contributed by atoms with Crippen LogP contribution in [-0.4, -0.2) is 37.3 Å². The number of ether oxygens (including phenoxy) is 3. The Labute approximate surface area is 205 Å². The van der Waals surface area contributed by atoms with Crippen LogP contribution in [0.25, 0.3) is 6.08 Å². The van der Waals surface area contributed by atoms with Crippen LogP contribution in [0.3, 0.4) is 0 Å². The standard InChI is InChI=1S/C26H24N2O6S/c1-4-19-22(25(31)33-3)23(17-8-6-5-7-9-17)28-24(30)20(35-26(28)27-19)14-16-10-12-18(13-11-16)34-15-21(29)32-2/h5-14,23H,4,15H2,1-3H3/b20-14-/t23-/m0/s1. The molecule has 4 rings (SSSR count). The van der Waals surface area contributed by atoms with Gasteiger partial charge in [0.15, 0.2) is 11.4 Å². The highest BCUT2D eigenvalue weighted by Crippen LogP contribution is 2.31. The van der Waals surface area contributed by atoms with E-state index in [0.29, 0.717) is 32.8 Å². The molecule has 0 unspecified atom stereocenters. The third kappa shape index (κ3) is 4.95. The number of thiazole rings is 1. The minimum Gasteiger partial charge on any atom is -0.482 e. The maximum Gasteiger partial charge on any atom is 0.343 e. The normalized spacial score (nSPS) is 15.3. The quantitative estimate of drug-likeness (QED) is 0.470. The summed E-state index contributed by atoms with van der Waals surface area (Å²) >= 11 is 1.27. The smallest absolute Gasteiger partial charge is 0.343 e. The number of carbonyl (C=O) groups excluding carboxylic acids is 2. The summed E-state index contributed by atoms with van der Waals surface area (Å²) < 4.78 is 17.0. The van der Waals surface area contributed by atoms with E-state index in [1.54, 1.807) is 34.9 Å². The van der Waals surface area contributed by atoms with Gasteiger partial charge in [0.25, 0.3) is 5.56 Å². The topological polar surface area (TPSA) is 96.2 Å². The number of allylic oxidation sites excluding steroid dienone is 1. The van der Waals surface area contributed by atoms with Gasteiger partial charge in [-0.25, -0.2) is 14.6 Å². The van der Waals surface area contributed by atoms with Crippen molar-refractivity contribution in [2.45, 2.75) is 19.4 Å². The van der Waals surface area contributed by atoms with Crippen molar-refractivity contribution < 1.29 is 23.8 Å². The highest BCUT2D eigenvalue weighted by atomic mass is 32.1. The largest absolute Gasteiger partial charge is 0.482 e. The van der Waals surface area contributed by atoms with Gasteiger partial charge in [-0.15, -0.1) is 0 Å². The predicted molar refractivity (Wildman–Crippen MR) is 131 cm³/mol. The van der Waals surface area contributed by atoms with E-state index in [1.807, 2.05) is 37.3 Å². The molecule has 180 valence electrons. The first-order chi connectivity index (χ1) is 17.0. The van der Waals surface area contributed by atoms with Crippen molar-refractivity contribution in [3.63, 3.8) is 0 Å². The lowest BCUT2D eigenvalue weighted by Crippen LogP contribution is -2.40. The lowest BCUT2D eigenvalue weighted by atomic mass is 9.95. The van der Waals surface area contributed by atoms with Gasteiger partial charge in [-0.05, 0) is 35.8 Å². The molecule has 0 fully saturated rings. The van der Waals surface area contributed by atoms with Crippen molar-refractivity contribution in [1.82, 2.24) is 4.57 Å². The van der Waals surface area contributed by atoms with Crippen LogP contribution in [-0.2, 0) is 19.1 Å². The summed E-state index contributed by atoms with van der Waals surface area (Å²) in [5.74, 6) is -0.467. The fourth-order valence-electron chi connectivity index (χ4n) is 3.83. The molecule has 8 nitrogen and oxygen atoms in total. The van der Waals surface area contributed by atoms with Crippen molar-refractivity contribution in [3.8, 4) is 5.75 Å². The fraction of sp³-hybridized carbons (Fsp3) is 0.231. The van der Waals surface area contributed by atoms with Crippen molar-refractivity contribution in [1.29, 1.82) is 0 Å².